The zero-order valence-corrected chi connectivity index (χ0v) is 10.8. The molecule has 0 spiro atoms. The van der Waals surface area contributed by atoms with Crippen LogP contribution in [0, 0.1) is 0 Å². The number of anilines is 2. The van der Waals surface area contributed by atoms with Crippen LogP contribution in [0.3, 0.4) is 0 Å². The van der Waals surface area contributed by atoms with Crippen LogP contribution in [0.4, 0.5) is 10.7 Å². The van der Waals surface area contributed by atoms with Crippen molar-refractivity contribution >= 4 is 40.4 Å². The number of rotatable bonds is 5. The highest BCUT2D eigenvalue weighted by molar-refractivity contribution is 7.18. The first-order chi connectivity index (χ1) is 9.52. The summed E-state index contributed by atoms with van der Waals surface area (Å²) in [6.45, 7) is 0. The molecule has 0 atom stereocenters. The average molecular weight is 291 g/mol. The molecule has 0 radical (unpaired) electrons. The maximum atomic E-state index is 11.2. The van der Waals surface area contributed by atoms with Gasteiger partial charge in [0.25, 0.3) is 0 Å². The van der Waals surface area contributed by atoms with E-state index in [1.165, 1.54) is 41.3 Å². The van der Waals surface area contributed by atoms with Crippen LogP contribution in [0.25, 0.3) is 0 Å². The number of carbonyl (C=O) groups is 3. The maximum absolute atomic E-state index is 11.2. The quantitative estimate of drug-likeness (QED) is 0.825. The van der Waals surface area contributed by atoms with Gasteiger partial charge >= 0.3 is 11.9 Å². The summed E-state index contributed by atoms with van der Waals surface area (Å²) in [5.74, 6) is -2.12. The fraction of sp³-hybridized carbons (Fsp3) is 0. The molecule has 2 N–H and O–H groups in total. The summed E-state index contributed by atoms with van der Waals surface area (Å²) in [7, 11) is 0. The van der Waals surface area contributed by atoms with Crippen molar-refractivity contribution in [2.45, 2.75) is 0 Å². The molecule has 20 heavy (non-hydrogen) atoms. The summed E-state index contributed by atoms with van der Waals surface area (Å²) in [5, 5.41) is 18.1. The molecule has 2 rings (SSSR count). The number of hydrogen-bond acceptors (Lipinski definition) is 4. The van der Waals surface area contributed by atoms with Gasteiger partial charge < -0.3 is 10.2 Å². The zero-order valence-electron chi connectivity index (χ0n) is 10.0. The molecule has 102 valence electrons. The van der Waals surface area contributed by atoms with E-state index >= 15 is 0 Å². The lowest BCUT2D eigenvalue weighted by Gasteiger charge is -2.15. The first kappa shape index (κ1) is 13.8. The molecule has 0 fully saturated rings. The fourth-order valence-electron chi connectivity index (χ4n) is 1.58. The van der Waals surface area contributed by atoms with Gasteiger partial charge in [-0.3, -0.25) is 9.69 Å². The van der Waals surface area contributed by atoms with Crippen molar-refractivity contribution in [3.05, 3.63) is 46.8 Å². The molecule has 0 aliphatic carbocycles. The van der Waals surface area contributed by atoms with Gasteiger partial charge in [-0.15, -0.1) is 11.3 Å². The normalized spacial score (nSPS) is 10.0. The molecule has 2 aromatic rings. The number of carboxylic acid groups (broad SMARTS) is 2. The number of benzene rings is 1. The number of thiophene rings is 1. The minimum atomic E-state index is -1.06. The topological polar surface area (TPSA) is 94.9 Å². The van der Waals surface area contributed by atoms with Crippen molar-refractivity contribution in [1.82, 2.24) is 0 Å². The molecule has 0 saturated carbocycles. The Morgan fingerprint density at radius 3 is 2.10 bits per heavy atom. The van der Waals surface area contributed by atoms with E-state index in [2.05, 4.69) is 0 Å². The van der Waals surface area contributed by atoms with Crippen molar-refractivity contribution in [1.29, 1.82) is 0 Å². The molecule has 1 amide bonds. The summed E-state index contributed by atoms with van der Waals surface area (Å²) < 4.78 is 0. The Morgan fingerprint density at radius 2 is 1.65 bits per heavy atom. The van der Waals surface area contributed by atoms with Gasteiger partial charge in [-0.2, -0.15) is 0 Å². The van der Waals surface area contributed by atoms with E-state index in [1.807, 2.05) is 0 Å². The van der Waals surface area contributed by atoms with E-state index in [0.29, 0.717) is 17.1 Å². The molecule has 1 heterocycles. The second-order valence-corrected chi connectivity index (χ2v) is 4.83. The van der Waals surface area contributed by atoms with E-state index in [9.17, 15) is 14.4 Å². The van der Waals surface area contributed by atoms with Crippen LogP contribution in [0.5, 0.6) is 0 Å². The molecular weight excluding hydrogens is 282 g/mol. The molecule has 0 bridgehead atoms. The Labute approximate surface area is 117 Å². The van der Waals surface area contributed by atoms with Crippen LogP contribution in [-0.4, -0.2) is 28.6 Å². The summed E-state index contributed by atoms with van der Waals surface area (Å²) >= 11 is 0.958. The SMILES string of the molecule is O=CN(c1ccc(C(=O)O)cc1)c1ccc(C(=O)O)s1. The molecule has 6 nitrogen and oxygen atoms in total. The minimum Gasteiger partial charge on any atom is -0.478 e. The van der Waals surface area contributed by atoms with Crippen LogP contribution in [0.1, 0.15) is 20.0 Å². The highest BCUT2D eigenvalue weighted by Gasteiger charge is 2.14. The standard InChI is InChI=1S/C13H9NO5S/c15-7-14(11-6-5-10(20-11)13(18)19)9-3-1-8(2-4-9)12(16)17/h1-7H,(H,16,17)(H,18,19). The Morgan fingerprint density at radius 1 is 1.00 bits per heavy atom. The molecule has 0 aliphatic heterocycles. The third kappa shape index (κ3) is 2.67. The zero-order chi connectivity index (χ0) is 14.7. The Kier molecular flexibility index (Phi) is 3.81. The van der Waals surface area contributed by atoms with Crippen LogP contribution in [-0.2, 0) is 4.79 Å². The van der Waals surface area contributed by atoms with E-state index in [4.69, 9.17) is 10.2 Å². The molecular formula is C13H9NO5S. The number of aromatic carboxylic acids is 2. The lowest BCUT2D eigenvalue weighted by molar-refractivity contribution is -0.106. The van der Waals surface area contributed by atoms with Gasteiger partial charge in [-0.05, 0) is 36.4 Å². The first-order valence-corrected chi connectivity index (χ1v) is 6.25. The van der Waals surface area contributed by atoms with Gasteiger partial charge in [0.05, 0.1) is 5.56 Å². The van der Waals surface area contributed by atoms with Crippen LogP contribution in [0.2, 0.25) is 0 Å². The van der Waals surface area contributed by atoms with Gasteiger partial charge in [0.15, 0.2) is 0 Å². The Bertz CT molecular complexity index is 662. The van der Waals surface area contributed by atoms with E-state index in [0.717, 1.165) is 11.3 Å². The number of nitrogens with zero attached hydrogens (tertiary/aromatic N) is 1. The second-order valence-electron chi connectivity index (χ2n) is 3.77. The van der Waals surface area contributed by atoms with E-state index in [1.54, 1.807) is 0 Å². The molecule has 1 aromatic heterocycles. The lowest BCUT2D eigenvalue weighted by atomic mass is 10.2. The molecule has 0 aliphatic rings. The summed E-state index contributed by atoms with van der Waals surface area (Å²) in [6.07, 6.45) is 0.549. The van der Waals surface area contributed by atoms with Gasteiger partial charge in [0.2, 0.25) is 6.41 Å². The minimum absolute atomic E-state index is 0.108. The third-order valence-corrected chi connectivity index (χ3v) is 3.61. The smallest absolute Gasteiger partial charge is 0.345 e. The van der Waals surface area contributed by atoms with Crippen molar-refractivity contribution in [3.63, 3.8) is 0 Å². The summed E-state index contributed by atoms with van der Waals surface area (Å²) in [4.78, 5) is 34.1. The summed E-state index contributed by atoms with van der Waals surface area (Å²) in [5.41, 5.74) is 0.570. The highest BCUT2D eigenvalue weighted by Crippen LogP contribution is 2.31. The highest BCUT2D eigenvalue weighted by atomic mass is 32.1. The van der Waals surface area contributed by atoms with Gasteiger partial charge in [-0.25, -0.2) is 9.59 Å². The molecule has 0 unspecified atom stereocenters. The van der Waals surface area contributed by atoms with E-state index < -0.39 is 11.9 Å². The van der Waals surface area contributed by atoms with Gasteiger partial charge in [0, 0.05) is 5.69 Å². The maximum Gasteiger partial charge on any atom is 0.345 e. The number of carbonyl (C=O) groups excluding carboxylic acids is 1. The average Bonchev–Trinajstić information content (AvgIpc) is 2.90. The predicted molar refractivity (Wildman–Crippen MR) is 72.9 cm³/mol. The Hall–Kier alpha value is -2.67. The Balaban J connectivity index is 2.33. The second kappa shape index (κ2) is 5.54. The first-order valence-electron chi connectivity index (χ1n) is 5.44. The monoisotopic (exact) mass is 291 g/mol. The number of hydrogen-bond donors (Lipinski definition) is 2. The third-order valence-electron chi connectivity index (χ3n) is 2.54. The summed E-state index contributed by atoms with van der Waals surface area (Å²) in [6, 6.07) is 8.65. The van der Waals surface area contributed by atoms with Crippen LogP contribution < -0.4 is 4.90 Å². The van der Waals surface area contributed by atoms with Crippen LogP contribution >= 0.6 is 11.3 Å². The molecule has 0 saturated heterocycles. The number of amides is 1. The van der Waals surface area contributed by atoms with E-state index in [-0.39, 0.29) is 10.4 Å². The van der Waals surface area contributed by atoms with Gasteiger partial charge in [-0.1, -0.05) is 0 Å². The predicted octanol–water partition coefficient (Wildman–Crippen LogP) is 2.44. The van der Waals surface area contributed by atoms with Crippen LogP contribution in [0.15, 0.2) is 36.4 Å². The van der Waals surface area contributed by atoms with Crippen molar-refractivity contribution in [2.24, 2.45) is 0 Å². The fourth-order valence-corrected chi connectivity index (χ4v) is 2.41. The van der Waals surface area contributed by atoms with Crippen molar-refractivity contribution < 1.29 is 24.6 Å². The lowest BCUT2D eigenvalue weighted by Crippen LogP contribution is -2.12. The largest absolute Gasteiger partial charge is 0.478 e. The number of carboxylic acids is 2. The van der Waals surface area contributed by atoms with Crippen molar-refractivity contribution in [2.75, 3.05) is 4.90 Å². The van der Waals surface area contributed by atoms with Crippen molar-refractivity contribution in [3.8, 4) is 0 Å². The van der Waals surface area contributed by atoms with Gasteiger partial charge in [0.1, 0.15) is 9.88 Å². The molecule has 7 heteroatoms. The molecule has 1 aromatic carbocycles.